The van der Waals surface area contributed by atoms with Crippen molar-refractivity contribution in [1.29, 1.82) is 0 Å². The first kappa shape index (κ1) is 12.4. The van der Waals surface area contributed by atoms with E-state index in [-0.39, 0.29) is 5.41 Å². The summed E-state index contributed by atoms with van der Waals surface area (Å²) in [5.74, 6) is 1.02. The highest BCUT2D eigenvalue weighted by molar-refractivity contribution is 9.09. The Morgan fingerprint density at radius 1 is 1.29 bits per heavy atom. The second-order valence-electron chi connectivity index (χ2n) is 4.80. The average molecular weight is 293 g/mol. The molecular formula is C14H17BrN2. The lowest BCUT2D eigenvalue weighted by Crippen LogP contribution is -2.31. The van der Waals surface area contributed by atoms with E-state index in [9.17, 15) is 0 Å². The monoisotopic (exact) mass is 292 g/mol. The molecule has 0 aliphatic carbocycles. The number of nitrogens with zero attached hydrogens (tertiary/aromatic N) is 1. The molecule has 17 heavy (non-hydrogen) atoms. The van der Waals surface area contributed by atoms with Crippen LogP contribution in [0.5, 0.6) is 0 Å². The van der Waals surface area contributed by atoms with Crippen molar-refractivity contribution in [3.63, 3.8) is 0 Å². The van der Waals surface area contributed by atoms with Crippen LogP contribution in [0.4, 0.5) is 0 Å². The molecule has 3 heteroatoms. The number of hydrogen-bond acceptors (Lipinski definition) is 1. The third-order valence-electron chi connectivity index (χ3n) is 3.23. The van der Waals surface area contributed by atoms with Crippen molar-refractivity contribution >= 4 is 15.9 Å². The van der Waals surface area contributed by atoms with Crippen LogP contribution in [0, 0.1) is 0 Å². The fourth-order valence-electron chi connectivity index (χ4n) is 1.88. The minimum Gasteiger partial charge on any atom is -0.349 e. The average Bonchev–Trinajstić information content (AvgIpc) is 2.83. The molecule has 1 aromatic carbocycles. The fraction of sp³-hybridized carbons (Fsp3) is 0.357. The van der Waals surface area contributed by atoms with Gasteiger partial charge in [0.1, 0.15) is 5.82 Å². The number of alkyl halides is 1. The maximum absolute atomic E-state index is 4.28. The molecule has 0 aliphatic heterocycles. The molecule has 0 bridgehead atoms. The molecule has 1 N–H and O–H groups in total. The number of aromatic nitrogens is 2. The number of aromatic amines is 1. The molecule has 0 amide bonds. The van der Waals surface area contributed by atoms with Gasteiger partial charge in [0.05, 0.1) is 0 Å². The van der Waals surface area contributed by atoms with Crippen molar-refractivity contribution in [3.05, 3.63) is 54.1 Å². The minimum absolute atomic E-state index is 0.0774. The second-order valence-corrected chi connectivity index (χ2v) is 5.90. The molecule has 1 aromatic heterocycles. The molecular weight excluding hydrogens is 276 g/mol. The van der Waals surface area contributed by atoms with E-state index in [1.807, 2.05) is 6.20 Å². The van der Waals surface area contributed by atoms with Crippen molar-refractivity contribution in [2.24, 2.45) is 0 Å². The van der Waals surface area contributed by atoms with E-state index in [1.54, 1.807) is 6.20 Å². The summed E-state index contributed by atoms with van der Waals surface area (Å²) in [4.78, 5) is 7.78. The van der Waals surface area contributed by atoms with Gasteiger partial charge in [-0.05, 0) is 5.56 Å². The van der Waals surface area contributed by atoms with Gasteiger partial charge in [0, 0.05) is 29.1 Å². The fourth-order valence-corrected chi connectivity index (χ4v) is 2.45. The van der Waals surface area contributed by atoms with Crippen LogP contribution in [-0.2, 0) is 11.8 Å². The summed E-state index contributed by atoms with van der Waals surface area (Å²) in [6.07, 6.45) is 4.56. The first-order valence-electron chi connectivity index (χ1n) is 5.78. The molecule has 1 atom stereocenters. The molecule has 0 radical (unpaired) electrons. The van der Waals surface area contributed by atoms with Crippen LogP contribution in [0.25, 0.3) is 0 Å². The molecule has 0 saturated carbocycles. The van der Waals surface area contributed by atoms with Crippen LogP contribution in [0.2, 0.25) is 0 Å². The van der Waals surface area contributed by atoms with Crippen LogP contribution in [0.15, 0.2) is 42.7 Å². The normalized spacial score (nSPS) is 13.6. The van der Waals surface area contributed by atoms with Gasteiger partial charge < -0.3 is 4.98 Å². The van der Waals surface area contributed by atoms with E-state index < -0.39 is 0 Å². The summed E-state index contributed by atoms with van der Waals surface area (Å²) in [5.41, 5.74) is 1.42. The number of rotatable bonds is 4. The Morgan fingerprint density at radius 3 is 2.59 bits per heavy atom. The summed E-state index contributed by atoms with van der Waals surface area (Å²) in [6, 6.07) is 10.6. The minimum atomic E-state index is 0.0774. The van der Waals surface area contributed by atoms with E-state index in [1.165, 1.54) is 5.56 Å². The standard InChI is InChI=1S/C14H17BrN2/c1-14(2,11-6-4-3-5-7-11)12(15)10-13-16-8-9-17-13/h3-9,12H,10H2,1-2H3,(H,16,17). The van der Waals surface area contributed by atoms with Crippen LogP contribution < -0.4 is 0 Å². The Bertz CT molecular complexity index is 448. The van der Waals surface area contributed by atoms with Gasteiger partial charge in [-0.3, -0.25) is 0 Å². The molecule has 2 nitrogen and oxygen atoms in total. The Balaban J connectivity index is 2.15. The zero-order valence-electron chi connectivity index (χ0n) is 10.2. The Labute approximate surface area is 111 Å². The Hall–Kier alpha value is -1.09. The molecule has 1 unspecified atom stereocenters. The van der Waals surface area contributed by atoms with Crippen molar-refractivity contribution in [2.45, 2.75) is 30.5 Å². The van der Waals surface area contributed by atoms with Gasteiger partial charge in [-0.2, -0.15) is 0 Å². The van der Waals surface area contributed by atoms with Crippen molar-refractivity contribution in [3.8, 4) is 0 Å². The van der Waals surface area contributed by atoms with Crippen LogP contribution in [0.1, 0.15) is 25.2 Å². The van der Waals surface area contributed by atoms with E-state index in [0.29, 0.717) is 4.83 Å². The van der Waals surface area contributed by atoms with Crippen molar-refractivity contribution in [2.75, 3.05) is 0 Å². The summed E-state index contributed by atoms with van der Waals surface area (Å²) in [5, 5.41) is 0. The lowest BCUT2D eigenvalue weighted by Gasteiger charge is -2.30. The molecule has 90 valence electrons. The summed E-state index contributed by atoms with van der Waals surface area (Å²) >= 11 is 3.80. The van der Waals surface area contributed by atoms with Crippen LogP contribution >= 0.6 is 15.9 Å². The predicted octanol–water partition coefficient (Wildman–Crippen LogP) is 3.69. The zero-order chi connectivity index (χ0) is 12.3. The van der Waals surface area contributed by atoms with Gasteiger partial charge in [0.15, 0.2) is 0 Å². The largest absolute Gasteiger partial charge is 0.349 e. The first-order valence-corrected chi connectivity index (χ1v) is 6.70. The molecule has 0 spiro atoms. The van der Waals surface area contributed by atoms with E-state index >= 15 is 0 Å². The van der Waals surface area contributed by atoms with Gasteiger partial charge >= 0.3 is 0 Å². The quantitative estimate of drug-likeness (QED) is 0.856. The molecule has 0 fully saturated rings. The topological polar surface area (TPSA) is 28.7 Å². The summed E-state index contributed by atoms with van der Waals surface area (Å²) in [6.45, 7) is 4.51. The van der Waals surface area contributed by atoms with Gasteiger partial charge in [-0.25, -0.2) is 4.98 Å². The lowest BCUT2D eigenvalue weighted by molar-refractivity contribution is 0.496. The van der Waals surface area contributed by atoms with Crippen LogP contribution in [0.3, 0.4) is 0 Å². The highest BCUT2D eigenvalue weighted by atomic mass is 79.9. The van der Waals surface area contributed by atoms with Crippen molar-refractivity contribution < 1.29 is 0 Å². The molecule has 0 saturated heterocycles. The lowest BCUT2D eigenvalue weighted by atomic mass is 9.80. The maximum Gasteiger partial charge on any atom is 0.107 e. The van der Waals surface area contributed by atoms with E-state index in [4.69, 9.17) is 0 Å². The van der Waals surface area contributed by atoms with Gasteiger partial charge in [-0.15, -0.1) is 0 Å². The number of halogens is 1. The van der Waals surface area contributed by atoms with E-state index in [2.05, 4.69) is 70.1 Å². The van der Waals surface area contributed by atoms with Crippen molar-refractivity contribution in [1.82, 2.24) is 9.97 Å². The molecule has 1 heterocycles. The third-order valence-corrected chi connectivity index (χ3v) is 4.70. The number of benzene rings is 1. The number of hydrogen-bond donors (Lipinski definition) is 1. The summed E-state index contributed by atoms with van der Waals surface area (Å²) in [7, 11) is 0. The second kappa shape index (κ2) is 5.05. The van der Waals surface area contributed by atoms with Gasteiger partial charge in [0.2, 0.25) is 0 Å². The summed E-state index contributed by atoms with van der Waals surface area (Å²) < 4.78 is 0. The number of nitrogens with one attached hydrogen (secondary N) is 1. The Kier molecular flexibility index (Phi) is 3.67. The molecule has 0 aliphatic rings. The third kappa shape index (κ3) is 2.78. The van der Waals surface area contributed by atoms with Gasteiger partial charge in [0.25, 0.3) is 0 Å². The smallest absolute Gasteiger partial charge is 0.107 e. The highest BCUT2D eigenvalue weighted by Gasteiger charge is 2.29. The Morgan fingerprint density at radius 2 is 2.00 bits per heavy atom. The maximum atomic E-state index is 4.28. The molecule has 2 aromatic rings. The van der Waals surface area contributed by atoms with Crippen LogP contribution in [-0.4, -0.2) is 14.8 Å². The zero-order valence-corrected chi connectivity index (χ0v) is 11.7. The number of imidazole rings is 1. The molecule has 2 rings (SSSR count). The number of H-pyrrole nitrogens is 1. The van der Waals surface area contributed by atoms with Gasteiger partial charge in [-0.1, -0.05) is 60.1 Å². The predicted molar refractivity (Wildman–Crippen MR) is 74.5 cm³/mol. The first-order chi connectivity index (χ1) is 8.10. The van der Waals surface area contributed by atoms with E-state index in [0.717, 1.165) is 12.2 Å². The SMILES string of the molecule is CC(C)(c1ccccc1)C(Br)Cc1ncc[nH]1. The highest BCUT2D eigenvalue weighted by Crippen LogP contribution is 2.33.